The molecule has 1 aromatic carbocycles. The highest BCUT2D eigenvalue weighted by atomic mass is 35.5. The third kappa shape index (κ3) is 2.96. The standard InChI is InChI=1S/C11H15ClFN/c1-11(2,7-14)6-8-3-4-9(12)10(13)5-8/h3-5H,6-7,14H2,1-2H3. The molecule has 0 unspecified atom stereocenters. The number of nitrogens with two attached hydrogens (primary N) is 1. The maximum absolute atomic E-state index is 13.1. The van der Waals surface area contributed by atoms with E-state index in [2.05, 4.69) is 13.8 Å². The lowest BCUT2D eigenvalue weighted by Crippen LogP contribution is -2.25. The molecule has 0 amide bonds. The Morgan fingerprint density at radius 2 is 2.07 bits per heavy atom. The Morgan fingerprint density at radius 1 is 1.43 bits per heavy atom. The summed E-state index contributed by atoms with van der Waals surface area (Å²) in [6.07, 6.45) is 0.761. The summed E-state index contributed by atoms with van der Waals surface area (Å²) in [5, 5.41) is 0.166. The van der Waals surface area contributed by atoms with Crippen LogP contribution in [-0.4, -0.2) is 6.54 Å². The summed E-state index contributed by atoms with van der Waals surface area (Å²) in [5.74, 6) is -0.364. The van der Waals surface area contributed by atoms with Gasteiger partial charge in [0.1, 0.15) is 5.82 Å². The quantitative estimate of drug-likeness (QED) is 0.824. The molecule has 1 nitrogen and oxygen atoms in total. The third-order valence-corrected chi connectivity index (χ3v) is 2.53. The van der Waals surface area contributed by atoms with Crippen molar-refractivity contribution in [1.29, 1.82) is 0 Å². The summed E-state index contributed by atoms with van der Waals surface area (Å²) >= 11 is 5.59. The fourth-order valence-corrected chi connectivity index (χ4v) is 1.39. The second-order valence-electron chi connectivity index (χ2n) is 4.29. The van der Waals surface area contributed by atoms with E-state index in [9.17, 15) is 4.39 Å². The maximum atomic E-state index is 13.1. The van der Waals surface area contributed by atoms with Crippen molar-refractivity contribution >= 4 is 11.6 Å². The highest BCUT2D eigenvalue weighted by Gasteiger charge is 2.16. The Morgan fingerprint density at radius 3 is 2.57 bits per heavy atom. The van der Waals surface area contributed by atoms with E-state index < -0.39 is 0 Å². The van der Waals surface area contributed by atoms with Crippen LogP contribution in [0.25, 0.3) is 0 Å². The molecule has 0 radical (unpaired) electrons. The van der Waals surface area contributed by atoms with Gasteiger partial charge in [0.2, 0.25) is 0 Å². The first-order valence-electron chi connectivity index (χ1n) is 4.58. The van der Waals surface area contributed by atoms with Crippen LogP contribution in [0.4, 0.5) is 4.39 Å². The van der Waals surface area contributed by atoms with Crippen molar-refractivity contribution in [2.24, 2.45) is 11.1 Å². The summed E-state index contributed by atoms with van der Waals surface area (Å²) in [5.41, 5.74) is 6.54. The number of hydrogen-bond acceptors (Lipinski definition) is 1. The first-order chi connectivity index (χ1) is 6.44. The van der Waals surface area contributed by atoms with Gasteiger partial charge in [-0.05, 0) is 36.1 Å². The molecule has 2 N–H and O–H groups in total. The molecule has 1 rings (SSSR count). The van der Waals surface area contributed by atoms with E-state index >= 15 is 0 Å². The van der Waals surface area contributed by atoms with Crippen LogP contribution < -0.4 is 5.73 Å². The lowest BCUT2D eigenvalue weighted by atomic mass is 9.86. The lowest BCUT2D eigenvalue weighted by molar-refractivity contribution is 0.376. The minimum atomic E-state index is -0.364. The molecule has 14 heavy (non-hydrogen) atoms. The molecule has 78 valence electrons. The molecule has 0 saturated heterocycles. The Bertz CT molecular complexity index is 323. The summed E-state index contributed by atoms with van der Waals surface area (Å²) in [6, 6.07) is 4.89. The summed E-state index contributed by atoms with van der Waals surface area (Å²) in [4.78, 5) is 0. The Hall–Kier alpha value is -0.600. The predicted molar refractivity (Wildman–Crippen MR) is 57.9 cm³/mol. The van der Waals surface area contributed by atoms with E-state index in [0.29, 0.717) is 6.54 Å². The minimum absolute atomic E-state index is 0.000267. The van der Waals surface area contributed by atoms with E-state index in [1.807, 2.05) is 6.07 Å². The monoisotopic (exact) mass is 215 g/mol. The van der Waals surface area contributed by atoms with Gasteiger partial charge >= 0.3 is 0 Å². The first-order valence-corrected chi connectivity index (χ1v) is 4.96. The van der Waals surface area contributed by atoms with E-state index in [1.165, 1.54) is 6.07 Å². The molecule has 0 bridgehead atoms. The van der Waals surface area contributed by atoms with Gasteiger partial charge in [-0.2, -0.15) is 0 Å². The van der Waals surface area contributed by atoms with Gasteiger partial charge in [0, 0.05) is 0 Å². The van der Waals surface area contributed by atoms with Gasteiger partial charge < -0.3 is 5.73 Å². The molecule has 3 heteroatoms. The average molecular weight is 216 g/mol. The highest BCUT2D eigenvalue weighted by molar-refractivity contribution is 6.30. The molecule has 0 aliphatic carbocycles. The molecule has 0 heterocycles. The fourth-order valence-electron chi connectivity index (χ4n) is 1.27. The number of hydrogen-bond donors (Lipinski definition) is 1. The zero-order valence-electron chi connectivity index (χ0n) is 8.48. The van der Waals surface area contributed by atoms with Crippen molar-refractivity contribution < 1.29 is 4.39 Å². The van der Waals surface area contributed by atoms with Crippen LogP contribution >= 0.6 is 11.6 Å². The van der Waals surface area contributed by atoms with Crippen molar-refractivity contribution in [3.63, 3.8) is 0 Å². The summed E-state index contributed by atoms with van der Waals surface area (Å²) in [7, 11) is 0. The smallest absolute Gasteiger partial charge is 0.142 e. The van der Waals surface area contributed by atoms with E-state index in [4.69, 9.17) is 17.3 Å². The molecule has 1 aromatic rings. The number of rotatable bonds is 3. The zero-order valence-corrected chi connectivity index (χ0v) is 9.24. The van der Waals surface area contributed by atoms with Gasteiger partial charge in [0.05, 0.1) is 5.02 Å². The van der Waals surface area contributed by atoms with Crippen LogP contribution in [0.2, 0.25) is 5.02 Å². The van der Waals surface area contributed by atoms with Crippen LogP contribution in [0, 0.1) is 11.2 Å². The van der Waals surface area contributed by atoms with Gasteiger partial charge in [-0.3, -0.25) is 0 Å². The molecular weight excluding hydrogens is 201 g/mol. The SMILES string of the molecule is CC(C)(CN)Cc1ccc(Cl)c(F)c1. The van der Waals surface area contributed by atoms with Gasteiger partial charge in [0.15, 0.2) is 0 Å². The topological polar surface area (TPSA) is 26.0 Å². The molecule has 0 spiro atoms. The van der Waals surface area contributed by atoms with E-state index in [0.717, 1.165) is 12.0 Å². The largest absolute Gasteiger partial charge is 0.330 e. The molecule has 0 aliphatic heterocycles. The Balaban J connectivity index is 2.83. The van der Waals surface area contributed by atoms with E-state index in [-0.39, 0.29) is 16.3 Å². The average Bonchev–Trinajstić information content (AvgIpc) is 2.11. The first kappa shape index (κ1) is 11.5. The molecule has 0 fully saturated rings. The fraction of sp³-hybridized carbons (Fsp3) is 0.455. The normalized spacial score (nSPS) is 11.8. The van der Waals surface area contributed by atoms with Crippen molar-refractivity contribution in [2.45, 2.75) is 20.3 Å². The molecule has 0 saturated carbocycles. The summed E-state index contributed by atoms with van der Waals surface area (Å²) < 4.78 is 13.1. The second kappa shape index (κ2) is 4.28. The lowest BCUT2D eigenvalue weighted by Gasteiger charge is -2.22. The molecule has 0 atom stereocenters. The highest BCUT2D eigenvalue weighted by Crippen LogP contribution is 2.23. The second-order valence-corrected chi connectivity index (χ2v) is 4.70. The number of halogens is 2. The minimum Gasteiger partial charge on any atom is -0.330 e. The van der Waals surface area contributed by atoms with Crippen LogP contribution in [0.15, 0.2) is 18.2 Å². The van der Waals surface area contributed by atoms with Crippen LogP contribution in [0.3, 0.4) is 0 Å². The number of benzene rings is 1. The van der Waals surface area contributed by atoms with Gasteiger partial charge in [-0.15, -0.1) is 0 Å². The Kier molecular flexibility index (Phi) is 3.51. The van der Waals surface area contributed by atoms with Crippen molar-refractivity contribution in [3.05, 3.63) is 34.6 Å². The van der Waals surface area contributed by atoms with Crippen LogP contribution in [0.5, 0.6) is 0 Å². The zero-order chi connectivity index (χ0) is 10.8. The third-order valence-electron chi connectivity index (χ3n) is 2.22. The van der Waals surface area contributed by atoms with Gasteiger partial charge in [-0.1, -0.05) is 31.5 Å². The van der Waals surface area contributed by atoms with Gasteiger partial charge in [-0.25, -0.2) is 4.39 Å². The van der Waals surface area contributed by atoms with Crippen molar-refractivity contribution in [1.82, 2.24) is 0 Å². The van der Waals surface area contributed by atoms with E-state index in [1.54, 1.807) is 6.07 Å². The van der Waals surface area contributed by atoms with Crippen LogP contribution in [0.1, 0.15) is 19.4 Å². The van der Waals surface area contributed by atoms with Gasteiger partial charge in [0.25, 0.3) is 0 Å². The predicted octanol–water partition coefficient (Wildman–Crippen LogP) is 3.01. The maximum Gasteiger partial charge on any atom is 0.142 e. The van der Waals surface area contributed by atoms with Crippen LogP contribution in [-0.2, 0) is 6.42 Å². The molecule has 0 aromatic heterocycles. The van der Waals surface area contributed by atoms with Crippen molar-refractivity contribution in [2.75, 3.05) is 6.54 Å². The summed E-state index contributed by atoms with van der Waals surface area (Å²) in [6.45, 7) is 4.69. The Labute approximate surface area is 89.1 Å². The molecule has 0 aliphatic rings. The molecular formula is C11H15ClFN. The van der Waals surface area contributed by atoms with Crippen molar-refractivity contribution in [3.8, 4) is 0 Å².